The Hall–Kier alpha value is -7.24. The Kier molecular flexibility index (Phi) is 8.70. The van der Waals surface area contributed by atoms with Crippen molar-refractivity contribution in [1.82, 2.24) is 9.97 Å². The van der Waals surface area contributed by atoms with Gasteiger partial charge in [-0.1, -0.05) is 170 Å². The number of hydrogen-bond donors (Lipinski definition) is 0. The van der Waals surface area contributed by atoms with Crippen LogP contribution in [0, 0.1) is 13.8 Å². The molecular weight excluding hydrogens is 789 g/mol. The lowest BCUT2D eigenvalue weighted by atomic mass is 9.77. The van der Waals surface area contributed by atoms with Crippen LogP contribution in [0.25, 0.3) is 118 Å². The SMILES string of the molecule is Cc1ccc2sc(-c3ccc(-c4c5ccccc5c(-c5ccc(-c6nc7cc(C)ccc7s6)cc5)c5c(-c6ccccc6)c6ccccc6c(-c6ccccc6)c45)cc3)nc2c1. The lowest BCUT2D eigenvalue weighted by molar-refractivity contribution is 1.44. The first-order chi connectivity index (χ1) is 30.6. The van der Waals surface area contributed by atoms with Crippen molar-refractivity contribution in [2.24, 2.45) is 0 Å². The molecule has 0 fully saturated rings. The number of thiazole rings is 2. The molecule has 12 rings (SSSR count). The molecule has 62 heavy (non-hydrogen) atoms. The predicted octanol–water partition coefficient (Wildman–Crippen LogP) is 17.0. The van der Waals surface area contributed by atoms with Gasteiger partial charge in [0.25, 0.3) is 0 Å². The van der Waals surface area contributed by atoms with Gasteiger partial charge in [0.1, 0.15) is 10.0 Å². The van der Waals surface area contributed by atoms with E-state index in [2.05, 4.69) is 208 Å². The molecule has 0 amide bonds. The zero-order chi connectivity index (χ0) is 41.3. The van der Waals surface area contributed by atoms with E-state index in [1.54, 1.807) is 22.7 Å². The first kappa shape index (κ1) is 36.6. The molecule has 2 heterocycles. The van der Waals surface area contributed by atoms with E-state index < -0.39 is 0 Å². The molecule has 10 aromatic carbocycles. The van der Waals surface area contributed by atoms with Gasteiger partial charge in [0.2, 0.25) is 0 Å². The summed E-state index contributed by atoms with van der Waals surface area (Å²) in [4.78, 5) is 10.2. The van der Waals surface area contributed by atoms with E-state index in [9.17, 15) is 0 Å². The third-order valence-electron chi connectivity index (χ3n) is 12.2. The Morgan fingerprint density at radius 2 is 0.613 bits per heavy atom. The molecule has 0 N–H and O–H groups in total. The fourth-order valence-corrected chi connectivity index (χ4v) is 11.3. The van der Waals surface area contributed by atoms with Crippen LogP contribution in [0.15, 0.2) is 194 Å². The average molecular weight is 827 g/mol. The van der Waals surface area contributed by atoms with Gasteiger partial charge in [0.15, 0.2) is 0 Å². The van der Waals surface area contributed by atoms with Gasteiger partial charge >= 0.3 is 0 Å². The normalized spacial score (nSPS) is 11.7. The monoisotopic (exact) mass is 826 g/mol. The molecule has 0 bridgehead atoms. The maximum absolute atomic E-state index is 5.08. The second-order valence-corrected chi connectivity index (χ2v) is 18.3. The molecule has 0 saturated carbocycles. The van der Waals surface area contributed by atoms with Crippen LogP contribution in [0.4, 0.5) is 0 Å². The summed E-state index contributed by atoms with van der Waals surface area (Å²) in [7, 11) is 0. The zero-order valence-corrected chi connectivity index (χ0v) is 35.8. The predicted molar refractivity (Wildman–Crippen MR) is 267 cm³/mol. The Morgan fingerprint density at radius 3 is 0.968 bits per heavy atom. The smallest absolute Gasteiger partial charge is 0.124 e. The summed E-state index contributed by atoms with van der Waals surface area (Å²) >= 11 is 3.51. The highest BCUT2D eigenvalue weighted by Crippen LogP contribution is 2.54. The molecule has 0 aliphatic rings. The summed E-state index contributed by atoms with van der Waals surface area (Å²) < 4.78 is 2.41. The molecule has 292 valence electrons. The fourth-order valence-electron chi connectivity index (χ4n) is 9.42. The molecule has 2 nitrogen and oxygen atoms in total. The number of aryl methyl sites for hydroxylation is 2. The topological polar surface area (TPSA) is 25.8 Å². The first-order valence-electron chi connectivity index (χ1n) is 21.1. The van der Waals surface area contributed by atoms with E-state index in [1.807, 2.05) is 0 Å². The summed E-state index contributed by atoms with van der Waals surface area (Å²) in [6.07, 6.45) is 0. The van der Waals surface area contributed by atoms with Crippen LogP contribution in [-0.4, -0.2) is 9.97 Å². The molecule has 0 saturated heterocycles. The third-order valence-corrected chi connectivity index (χ3v) is 14.4. The van der Waals surface area contributed by atoms with Crippen molar-refractivity contribution in [3.05, 3.63) is 205 Å². The standard InChI is InChI=1S/C58H38N2S2/c1-35-21-31-49-47(33-35)59-57(61-49)41-27-23-39(24-28-41)53-45-19-11-12-20-46(45)54(40-25-29-42(30-26-40)58-60-48-34-36(2)22-32-50(48)62-58)56-52(38-15-7-4-8-16-38)44-18-10-9-17-43(44)51(55(53)56)37-13-5-3-6-14-37/h3-34H,1-2H3. The molecule has 2 aromatic heterocycles. The highest BCUT2D eigenvalue weighted by Gasteiger charge is 2.26. The van der Waals surface area contributed by atoms with Gasteiger partial charge < -0.3 is 0 Å². The molecule has 4 heteroatoms. The van der Waals surface area contributed by atoms with Crippen LogP contribution in [0.1, 0.15) is 11.1 Å². The van der Waals surface area contributed by atoms with Crippen LogP contribution in [-0.2, 0) is 0 Å². The van der Waals surface area contributed by atoms with Gasteiger partial charge in [-0.3, -0.25) is 0 Å². The Morgan fingerprint density at radius 1 is 0.306 bits per heavy atom. The van der Waals surface area contributed by atoms with Crippen molar-refractivity contribution in [2.45, 2.75) is 13.8 Å². The number of rotatable bonds is 6. The highest BCUT2D eigenvalue weighted by atomic mass is 32.1. The van der Waals surface area contributed by atoms with Gasteiger partial charge in [-0.05, 0) is 126 Å². The van der Waals surface area contributed by atoms with Gasteiger partial charge in [-0.25, -0.2) is 9.97 Å². The molecule has 0 aliphatic heterocycles. The quantitative estimate of drug-likeness (QED) is 0.156. The van der Waals surface area contributed by atoms with Crippen LogP contribution in [0.2, 0.25) is 0 Å². The first-order valence-corrected chi connectivity index (χ1v) is 22.7. The minimum atomic E-state index is 1.04. The minimum Gasteiger partial charge on any atom is -0.236 e. The average Bonchev–Trinajstić information content (AvgIpc) is 3.95. The molecule has 0 unspecified atom stereocenters. The van der Waals surface area contributed by atoms with Crippen LogP contribution < -0.4 is 0 Å². The lowest BCUT2D eigenvalue weighted by Gasteiger charge is -2.25. The van der Waals surface area contributed by atoms with Crippen molar-refractivity contribution in [3.63, 3.8) is 0 Å². The maximum atomic E-state index is 5.08. The summed E-state index contributed by atoms with van der Waals surface area (Å²) in [5.41, 5.74) is 16.5. The second-order valence-electron chi connectivity index (χ2n) is 16.2. The van der Waals surface area contributed by atoms with E-state index in [1.165, 1.54) is 97.4 Å². The fraction of sp³-hybridized carbons (Fsp3) is 0.0345. The minimum absolute atomic E-state index is 1.04. The maximum Gasteiger partial charge on any atom is 0.124 e. The van der Waals surface area contributed by atoms with Gasteiger partial charge in [0.05, 0.1) is 20.4 Å². The van der Waals surface area contributed by atoms with Crippen molar-refractivity contribution < 1.29 is 0 Å². The van der Waals surface area contributed by atoms with Crippen LogP contribution in [0.5, 0.6) is 0 Å². The lowest BCUT2D eigenvalue weighted by Crippen LogP contribution is -1.97. The van der Waals surface area contributed by atoms with Gasteiger partial charge in [-0.2, -0.15) is 0 Å². The van der Waals surface area contributed by atoms with Crippen molar-refractivity contribution >= 4 is 75.4 Å². The summed E-state index contributed by atoms with van der Waals surface area (Å²) in [5.74, 6) is 0. The van der Waals surface area contributed by atoms with Crippen molar-refractivity contribution in [2.75, 3.05) is 0 Å². The van der Waals surface area contributed by atoms with E-state index in [4.69, 9.17) is 9.97 Å². The van der Waals surface area contributed by atoms with E-state index in [-0.39, 0.29) is 0 Å². The molecule has 0 radical (unpaired) electrons. The number of fused-ring (bicyclic) bond motifs is 5. The Balaban J connectivity index is 1.19. The number of aromatic nitrogens is 2. The molecule has 12 aromatic rings. The molecule has 0 atom stereocenters. The van der Waals surface area contributed by atoms with E-state index in [0.717, 1.165) is 32.2 Å². The van der Waals surface area contributed by atoms with Crippen LogP contribution in [0.3, 0.4) is 0 Å². The number of benzene rings is 10. The molecule has 0 spiro atoms. The summed E-state index contributed by atoms with van der Waals surface area (Å²) in [6, 6.07) is 71.4. The number of hydrogen-bond acceptors (Lipinski definition) is 4. The number of nitrogens with zero attached hydrogens (tertiary/aromatic N) is 2. The largest absolute Gasteiger partial charge is 0.236 e. The van der Waals surface area contributed by atoms with Gasteiger partial charge in [0, 0.05) is 11.1 Å². The Labute approximate surface area is 368 Å². The van der Waals surface area contributed by atoms with Crippen LogP contribution >= 0.6 is 22.7 Å². The van der Waals surface area contributed by atoms with Crippen molar-refractivity contribution in [3.8, 4) is 65.6 Å². The molecule has 0 aliphatic carbocycles. The van der Waals surface area contributed by atoms with E-state index >= 15 is 0 Å². The van der Waals surface area contributed by atoms with E-state index in [0.29, 0.717) is 0 Å². The summed E-state index contributed by atoms with van der Waals surface area (Å²) in [6.45, 7) is 4.26. The Bertz CT molecular complexity index is 3430. The van der Waals surface area contributed by atoms with Gasteiger partial charge in [-0.15, -0.1) is 22.7 Å². The highest BCUT2D eigenvalue weighted by molar-refractivity contribution is 7.22. The molecular formula is C58H38N2S2. The third kappa shape index (κ3) is 6.06. The zero-order valence-electron chi connectivity index (χ0n) is 34.2. The van der Waals surface area contributed by atoms with Crippen molar-refractivity contribution in [1.29, 1.82) is 0 Å². The second kappa shape index (κ2) is 14.7. The summed E-state index contributed by atoms with van der Waals surface area (Å²) in [5, 5.41) is 9.46.